The first-order valence-electron chi connectivity index (χ1n) is 6.55. The highest BCUT2D eigenvalue weighted by Crippen LogP contribution is 2.34. The molecule has 0 aromatic carbocycles. The van der Waals surface area contributed by atoms with E-state index in [1.54, 1.807) is 29.4 Å². The molecule has 1 N–H and O–H groups in total. The molecule has 106 valence electrons. The maximum Gasteiger partial charge on any atom is 0.194 e. The van der Waals surface area contributed by atoms with Gasteiger partial charge in [-0.05, 0) is 13.0 Å². The second kappa shape index (κ2) is 5.63. The van der Waals surface area contributed by atoms with Crippen molar-refractivity contribution in [2.45, 2.75) is 43.3 Å². The predicted molar refractivity (Wildman–Crippen MR) is 82.6 cm³/mol. The number of furan rings is 1. The molecule has 0 amide bonds. The van der Waals surface area contributed by atoms with Gasteiger partial charge in [0.05, 0.1) is 16.9 Å². The normalized spacial score (nSPS) is 11.8. The first-order valence-corrected chi connectivity index (χ1v) is 8.24. The maximum atomic E-state index is 5.36. The van der Waals surface area contributed by atoms with E-state index >= 15 is 0 Å². The quantitative estimate of drug-likeness (QED) is 0.775. The fourth-order valence-electron chi connectivity index (χ4n) is 1.94. The number of aromatic nitrogens is 2. The van der Waals surface area contributed by atoms with E-state index < -0.39 is 0 Å². The van der Waals surface area contributed by atoms with E-state index in [1.165, 1.54) is 5.69 Å². The third-order valence-electron chi connectivity index (χ3n) is 3.02. The summed E-state index contributed by atoms with van der Waals surface area (Å²) in [6.45, 7) is 7.10. The fraction of sp³-hybridized carbons (Fsp3) is 0.357. The molecule has 0 aliphatic heterocycles. The molecule has 3 aromatic rings. The van der Waals surface area contributed by atoms with Gasteiger partial charge in [0.15, 0.2) is 4.96 Å². The van der Waals surface area contributed by atoms with E-state index in [9.17, 15) is 0 Å². The molecule has 0 fully saturated rings. The van der Waals surface area contributed by atoms with Gasteiger partial charge in [-0.2, -0.15) is 0 Å². The predicted octanol–water partition coefficient (Wildman–Crippen LogP) is 3.95. The van der Waals surface area contributed by atoms with Gasteiger partial charge in [0, 0.05) is 24.2 Å². The van der Waals surface area contributed by atoms with E-state index in [4.69, 9.17) is 9.40 Å². The Morgan fingerprint density at radius 1 is 1.50 bits per heavy atom. The molecule has 0 aliphatic rings. The van der Waals surface area contributed by atoms with E-state index in [-0.39, 0.29) is 0 Å². The average Bonchev–Trinajstić information content (AvgIpc) is 3.05. The van der Waals surface area contributed by atoms with Crippen molar-refractivity contribution in [1.82, 2.24) is 14.7 Å². The number of imidazole rings is 1. The van der Waals surface area contributed by atoms with Gasteiger partial charge in [-0.25, -0.2) is 4.98 Å². The van der Waals surface area contributed by atoms with E-state index in [1.807, 2.05) is 13.0 Å². The number of nitrogens with zero attached hydrogens (tertiary/aromatic N) is 2. The lowest BCUT2D eigenvalue weighted by Crippen LogP contribution is -2.22. The van der Waals surface area contributed by atoms with Crippen LogP contribution < -0.4 is 5.32 Å². The van der Waals surface area contributed by atoms with Crippen molar-refractivity contribution in [3.05, 3.63) is 35.4 Å². The lowest BCUT2D eigenvalue weighted by molar-refractivity contribution is 0.527. The van der Waals surface area contributed by atoms with Crippen LogP contribution in [0.2, 0.25) is 0 Å². The summed E-state index contributed by atoms with van der Waals surface area (Å²) in [5, 5.41) is 6.59. The number of hydrogen-bond donors (Lipinski definition) is 1. The van der Waals surface area contributed by atoms with Gasteiger partial charge < -0.3 is 9.73 Å². The molecule has 20 heavy (non-hydrogen) atoms. The molecule has 3 rings (SSSR count). The molecule has 3 heterocycles. The van der Waals surface area contributed by atoms with Crippen LogP contribution in [-0.2, 0) is 6.54 Å². The minimum atomic E-state index is 0.452. The zero-order chi connectivity index (χ0) is 14.1. The number of nitrogens with one attached hydrogen (secondary N) is 1. The lowest BCUT2D eigenvalue weighted by Gasteiger charge is -2.08. The summed E-state index contributed by atoms with van der Waals surface area (Å²) in [6, 6.07) is 2.44. The van der Waals surface area contributed by atoms with Gasteiger partial charge in [0.1, 0.15) is 10.8 Å². The Kier molecular flexibility index (Phi) is 3.87. The molecule has 3 aromatic heterocycles. The van der Waals surface area contributed by atoms with Crippen molar-refractivity contribution in [3.63, 3.8) is 0 Å². The van der Waals surface area contributed by atoms with Gasteiger partial charge in [0.2, 0.25) is 0 Å². The van der Waals surface area contributed by atoms with Gasteiger partial charge >= 0.3 is 0 Å². The van der Waals surface area contributed by atoms with Crippen molar-refractivity contribution in [2.75, 3.05) is 0 Å². The molecule has 0 saturated carbocycles. The molecule has 0 atom stereocenters. The minimum Gasteiger partial charge on any atom is -0.468 e. The second-order valence-electron chi connectivity index (χ2n) is 4.90. The van der Waals surface area contributed by atoms with Gasteiger partial charge in [-0.1, -0.05) is 25.6 Å². The first-order chi connectivity index (χ1) is 9.65. The Hall–Kier alpha value is -1.24. The van der Waals surface area contributed by atoms with Crippen LogP contribution in [0, 0.1) is 6.92 Å². The van der Waals surface area contributed by atoms with Crippen molar-refractivity contribution in [3.8, 4) is 0 Å². The Labute approximate surface area is 126 Å². The van der Waals surface area contributed by atoms with Crippen LogP contribution in [-0.4, -0.2) is 15.4 Å². The van der Waals surface area contributed by atoms with Gasteiger partial charge in [-0.15, -0.1) is 11.3 Å². The van der Waals surface area contributed by atoms with Crippen LogP contribution in [0.5, 0.6) is 0 Å². The fourth-order valence-corrected chi connectivity index (χ4v) is 3.67. The van der Waals surface area contributed by atoms with Crippen LogP contribution in [0.4, 0.5) is 0 Å². The number of thiazole rings is 1. The number of fused-ring (bicyclic) bond motifs is 1. The smallest absolute Gasteiger partial charge is 0.194 e. The summed E-state index contributed by atoms with van der Waals surface area (Å²) in [5.74, 6) is 0.939. The summed E-state index contributed by atoms with van der Waals surface area (Å²) < 4.78 is 7.53. The van der Waals surface area contributed by atoms with Crippen molar-refractivity contribution in [2.24, 2.45) is 0 Å². The molecule has 0 radical (unpaired) electrons. The SMILES string of the molecule is Cc1occc1Sc1nc2sccn2c1CNC(C)C. The summed E-state index contributed by atoms with van der Waals surface area (Å²) in [4.78, 5) is 6.89. The zero-order valence-corrected chi connectivity index (χ0v) is 13.3. The van der Waals surface area contributed by atoms with Crippen molar-refractivity contribution in [1.29, 1.82) is 0 Å². The van der Waals surface area contributed by atoms with Crippen LogP contribution in [0.25, 0.3) is 4.96 Å². The third-order valence-corrected chi connectivity index (χ3v) is 4.94. The summed E-state index contributed by atoms with van der Waals surface area (Å²) in [5.41, 5.74) is 1.21. The Morgan fingerprint density at radius 2 is 2.35 bits per heavy atom. The van der Waals surface area contributed by atoms with Gasteiger partial charge in [0.25, 0.3) is 0 Å². The summed E-state index contributed by atoms with van der Waals surface area (Å²) >= 11 is 3.33. The Morgan fingerprint density at radius 3 is 3.05 bits per heavy atom. The highest BCUT2D eigenvalue weighted by atomic mass is 32.2. The number of hydrogen-bond acceptors (Lipinski definition) is 5. The molecule has 0 spiro atoms. The monoisotopic (exact) mass is 307 g/mol. The minimum absolute atomic E-state index is 0.452. The van der Waals surface area contributed by atoms with Crippen LogP contribution in [0.15, 0.2) is 38.2 Å². The Balaban J connectivity index is 1.94. The van der Waals surface area contributed by atoms with Crippen molar-refractivity contribution >= 4 is 28.1 Å². The Bertz CT molecular complexity index is 711. The summed E-state index contributed by atoms with van der Waals surface area (Å²) in [6.07, 6.45) is 3.80. The third kappa shape index (κ3) is 2.63. The van der Waals surface area contributed by atoms with Crippen molar-refractivity contribution < 1.29 is 4.42 Å². The number of rotatable bonds is 5. The topological polar surface area (TPSA) is 42.5 Å². The van der Waals surface area contributed by atoms with Crippen LogP contribution in [0.3, 0.4) is 0 Å². The van der Waals surface area contributed by atoms with E-state index in [0.717, 1.165) is 27.2 Å². The van der Waals surface area contributed by atoms with E-state index in [2.05, 4.69) is 35.1 Å². The summed E-state index contributed by atoms with van der Waals surface area (Å²) in [7, 11) is 0. The van der Waals surface area contributed by atoms with Crippen LogP contribution in [0.1, 0.15) is 25.3 Å². The molecular formula is C14H17N3OS2. The highest BCUT2D eigenvalue weighted by molar-refractivity contribution is 7.99. The molecule has 4 nitrogen and oxygen atoms in total. The average molecular weight is 307 g/mol. The molecular weight excluding hydrogens is 290 g/mol. The highest BCUT2D eigenvalue weighted by Gasteiger charge is 2.16. The van der Waals surface area contributed by atoms with Crippen LogP contribution >= 0.6 is 23.1 Å². The van der Waals surface area contributed by atoms with E-state index in [0.29, 0.717) is 6.04 Å². The lowest BCUT2D eigenvalue weighted by atomic mass is 10.3. The largest absolute Gasteiger partial charge is 0.468 e. The first kappa shape index (κ1) is 13.7. The molecule has 0 unspecified atom stereocenters. The molecule has 0 bridgehead atoms. The molecule has 0 saturated heterocycles. The zero-order valence-electron chi connectivity index (χ0n) is 11.7. The standard InChI is InChI=1S/C14H17N3OS2/c1-9(2)15-8-11-13(16-14-17(11)5-7-19-14)20-12-4-6-18-10(12)3/h4-7,9,15H,8H2,1-3H3. The molecule has 0 aliphatic carbocycles. The molecule has 6 heteroatoms. The van der Waals surface area contributed by atoms with Gasteiger partial charge in [-0.3, -0.25) is 4.40 Å². The number of aryl methyl sites for hydroxylation is 1. The second-order valence-corrected chi connectivity index (χ2v) is 6.80. The maximum absolute atomic E-state index is 5.36.